The van der Waals surface area contributed by atoms with Crippen LogP contribution in [0.15, 0.2) is 24.3 Å². The Labute approximate surface area is 182 Å². The molecule has 1 aliphatic rings. The maximum absolute atomic E-state index is 13.1. The van der Waals surface area contributed by atoms with Crippen LogP contribution in [-0.2, 0) is 17.3 Å². The number of halogens is 3. The van der Waals surface area contributed by atoms with Crippen LogP contribution in [0.1, 0.15) is 52.6 Å². The van der Waals surface area contributed by atoms with Gasteiger partial charge < -0.3 is 25.0 Å². The van der Waals surface area contributed by atoms with Crippen molar-refractivity contribution in [3.05, 3.63) is 47.0 Å². The van der Waals surface area contributed by atoms with Crippen molar-refractivity contribution in [2.75, 3.05) is 24.6 Å². The number of hydrogen-bond acceptors (Lipinski definition) is 5. The van der Waals surface area contributed by atoms with E-state index in [0.29, 0.717) is 31.8 Å². The van der Waals surface area contributed by atoms with Gasteiger partial charge in [-0.05, 0) is 38.0 Å². The maximum Gasteiger partial charge on any atom is 0.435 e. The third-order valence-electron chi connectivity index (χ3n) is 5.33. The van der Waals surface area contributed by atoms with Gasteiger partial charge in [0.1, 0.15) is 0 Å². The molecule has 1 aromatic heterocycles. The summed E-state index contributed by atoms with van der Waals surface area (Å²) < 4.78 is 45.2. The molecule has 0 spiro atoms. The molecule has 0 unspecified atom stereocenters. The van der Waals surface area contributed by atoms with Gasteiger partial charge in [-0.1, -0.05) is 13.0 Å². The highest BCUT2D eigenvalue weighted by Crippen LogP contribution is 2.31. The summed E-state index contributed by atoms with van der Waals surface area (Å²) in [5.74, 6) is -2.15. The molecule has 3 rings (SSSR count). The molecule has 1 aromatic carbocycles. The number of aromatic nitrogens is 2. The molecule has 0 aliphatic carbocycles. The molecule has 3 N–H and O–H groups in total. The fraction of sp³-hybridized carbons (Fsp3) is 0.476. The number of imidazole rings is 1. The number of nitrogens with zero attached hydrogens (tertiary/aromatic N) is 2. The van der Waals surface area contributed by atoms with Gasteiger partial charge in [-0.3, -0.25) is 4.79 Å². The number of alkyl halides is 3. The quantitative estimate of drug-likeness (QED) is 0.594. The Morgan fingerprint density at radius 2 is 2.09 bits per heavy atom. The molecule has 11 heteroatoms. The van der Waals surface area contributed by atoms with Crippen LogP contribution >= 0.6 is 0 Å². The Hall–Kier alpha value is -3.08. The number of anilines is 1. The van der Waals surface area contributed by atoms with E-state index in [9.17, 15) is 27.9 Å². The number of carboxylic acid groups (broad SMARTS) is 1. The van der Waals surface area contributed by atoms with E-state index in [0.717, 1.165) is 0 Å². The number of carbonyl (C=O) groups is 2. The third kappa shape index (κ3) is 5.21. The first-order valence-electron chi connectivity index (χ1n) is 10.3. The molecule has 32 heavy (non-hydrogen) atoms. The molecular formula is C21H25F3N4O4. The summed E-state index contributed by atoms with van der Waals surface area (Å²) in [4.78, 5) is 31.8. The number of aromatic carboxylic acids is 1. The molecule has 0 saturated carbocycles. The number of rotatable bonds is 7. The molecule has 2 aromatic rings. The second kappa shape index (κ2) is 9.60. The molecule has 0 radical (unpaired) electrons. The Balaban J connectivity index is 1.74. The number of H-pyrrole nitrogens is 1. The van der Waals surface area contributed by atoms with Gasteiger partial charge >= 0.3 is 12.1 Å². The predicted octanol–water partition coefficient (Wildman–Crippen LogP) is 3.10. The molecule has 2 atom stereocenters. The number of carboxylic acids is 1. The molecule has 1 saturated heterocycles. The normalized spacial score (nSPS) is 19.1. The molecule has 8 nitrogen and oxygen atoms in total. The molecule has 0 bridgehead atoms. The minimum absolute atomic E-state index is 0.0600. The average molecular weight is 454 g/mol. The topological polar surface area (TPSA) is 108 Å². The van der Waals surface area contributed by atoms with Crippen LogP contribution < -0.4 is 10.2 Å². The Morgan fingerprint density at radius 1 is 1.34 bits per heavy atom. The van der Waals surface area contributed by atoms with Gasteiger partial charge in [0.2, 0.25) is 0 Å². The highest BCUT2D eigenvalue weighted by atomic mass is 19.4. The highest BCUT2D eigenvalue weighted by molar-refractivity contribution is 5.91. The predicted molar refractivity (Wildman–Crippen MR) is 110 cm³/mol. The summed E-state index contributed by atoms with van der Waals surface area (Å²) in [6.45, 7) is 4.61. The number of piperidine rings is 1. The van der Waals surface area contributed by atoms with Crippen LogP contribution in [0.3, 0.4) is 0 Å². The van der Waals surface area contributed by atoms with E-state index in [1.54, 1.807) is 32.0 Å². The fourth-order valence-electron chi connectivity index (χ4n) is 3.78. The van der Waals surface area contributed by atoms with Crippen molar-refractivity contribution in [3.63, 3.8) is 0 Å². The third-order valence-corrected chi connectivity index (χ3v) is 5.33. The van der Waals surface area contributed by atoms with Gasteiger partial charge in [0.05, 0.1) is 17.7 Å². The molecule has 1 aliphatic heterocycles. The summed E-state index contributed by atoms with van der Waals surface area (Å²) in [7, 11) is 0. The Morgan fingerprint density at radius 3 is 2.69 bits per heavy atom. The lowest BCUT2D eigenvalue weighted by molar-refractivity contribution is -0.141. The Kier molecular flexibility index (Phi) is 7.07. The summed E-state index contributed by atoms with van der Waals surface area (Å²) in [6.07, 6.45) is -4.57. The fourth-order valence-corrected chi connectivity index (χ4v) is 3.78. The van der Waals surface area contributed by atoms with Crippen LogP contribution in [-0.4, -0.2) is 58.8 Å². The summed E-state index contributed by atoms with van der Waals surface area (Å²) >= 11 is 0. The van der Waals surface area contributed by atoms with Crippen LogP contribution in [0.25, 0.3) is 0 Å². The lowest BCUT2D eigenvalue weighted by atomic mass is 10.0. The van der Waals surface area contributed by atoms with E-state index in [1.165, 1.54) is 6.07 Å². The molecular weight excluding hydrogens is 429 g/mol. The van der Waals surface area contributed by atoms with Gasteiger partial charge in [0.25, 0.3) is 5.91 Å². The van der Waals surface area contributed by atoms with Crippen molar-refractivity contribution < 1.29 is 32.6 Å². The molecule has 2 heterocycles. The second-order valence-electron chi connectivity index (χ2n) is 7.43. The summed E-state index contributed by atoms with van der Waals surface area (Å²) in [5.41, 5.74) is -0.347. The SMILES string of the molecule is CCO[C@H]1CN(c2cccc(C(=O)O)c2)CC[C@H]1NC(=O)c1nc(C(F)(F)F)c(CC)[nH]1. The summed E-state index contributed by atoms with van der Waals surface area (Å²) in [6, 6.07) is 6.08. The van der Waals surface area contributed by atoms with Crippen molar-refractivity contribution >= 4 is 17.6 Å². The van der Waals surface area contributed by atoms with Gasteiger partial charge in [-0.25, -0.2) is 9.78 Å². The van der Waals surface area contributed by atoms with E-state index in [-0.39, 0.29) is 23.5 Å². The zero-order chi connectivity index (χ0) is 23.5. The minimum atomic E-state index is -4.65. The van der Waals surface area contributed by atoms with Gasteiger partial charge in [-0.2, -0.15) is 13.2 Å². The monoisotopic (exact) mass is 454 g/mol. The van der Waals surface area contributed by atoms with E-state index < -0.39 is 35.9 Å². The zero-order valence-corrected chi connectivity index (χ0v) is 17.7. The van der Waals surface area contributed by atoms with Gasteiger partial charge in [0.15, 0.2) is 11.5 Å². The zero-order valence-electron chi connectivity index (χ0n) is 17.7. The van der Waals surface area contributed by atoms with E-state index in [2.05, 4.69) is 15.3 Å². The number of aromatic amines is 1. The first-order chi connectivity index (χ1) is 15.1. The van der Waals surface area contributed by atoms with Crippen LogP contribution in [0.4, 0.5) is 18.9 Å². The van der Waals surface area contributed by atoms with Crippen molar-refractivity contribution in [3.8, 4) is 0 Å². The standard InChI is InChI=1S/C21H25F3N4O4/c1-3-14-17(21(22,23)24)27-18(25-14)19(29)26-15-8-9-28(11-16(15)32-4-2)13-7-5-6-12(10-13)20(30)31/h5-7,10,15-16H,3-4,8-9,11H2,1-2H3,(H,25,27)(H,26,29)(H,30,31)/t15-,16+/m1/s1. The first-order valence-corrected chi connectivity index (χ1v) is 10.3. The second-order valence-corrected chi connectivity index (χ2v) is 7.43. The number of nitrogens with one attached hydrogen (secondary N) is 2. The van der Waals surface area contributed by atoms with E-state index >= 15 is 0 Å². The minimum Gasteiger partial charge on any atom is -0.478 e. The van der Waals surface area contributed by atoms with Crippen molar-refractivity contribution in [1.29, 1.82) is 0 Å². The van der Waals surface area contributed by atoms with E-state index in [4.69, 9.17) is 4.74 Å². The number of benzene rings is 1. The smallest absolute Gasteiger partial charge is 0.435 e. The Bertz CT molecular complexity index is 976. The highest BCUT2D eigenvalue weighted by Gasteiger charge is 2.38. The maximum atomic E-state index is 13.1. The lowest BCUT2D eigenvalue weighted by Gasteiger charge is -2.39. The first kappa shape index (κ1) is 23.6. The lowest BCUT2D eigenvalue weighted by Crippen LogP contribution is -2.55. The number of carbonyl (C=O) groups excluding carboxylic acids is 1. The summed E-state index contributed by atoms with van der Waals surface area (Å²) in [5, 5.41) is 12.0. The number of aryl methyl sites for hydroxylation is 1. The van der Waals surface area contributed by atoms with Gasteiger partial charge in [0, 0.05) is 31.1 Å². The van der Waals surface area contributed by atoms with Crippen molar-refractivity contribution in [2.24, 2.45) is 0 Å². The number of ether oxygens (including phenoxy) is 1. The van der Waals surface area contributed by atoms with Crippen LogP contribution in [0.5, 0.6) is 0 Å². The number of hydrogen-bond donors (Lipinski definition) is 3. The van der Waals surface area contributed by atoms with E-state index in [1.807, 2.05) is 4.90 Å². The van der Waals surface area contributed by atoms with Crippen LogP contribution in [0, 0.1) is 0 Å². The molecule has 1 fully saturated rings. The van der Waals surface area contributed by atoms with Crippen molar-refractivity contribution in [1.82, 2.24) is 15.3 Å². The van der Waals surface area contributed by atoms with Gasteiger partial charge in [-0.15, -0.1) is 0 Å². The average Bonchev–Trinajstić information content (AvgIpc) is 3.20. The van der Waals surface area contributed by atoms with Crippen molar-refractivity contribution in [2.45, 2.75) is 45.0 Å². The molecule has 174 valence electrons. The molecule has 1 amide bonds. The van der Waals surface area contributed by atoms with Crippen LogP contribution in [0.2, 0.25) is 0 Å². The largest absolute Gasteiger partial charge is 0.478 e. The number of amides is 1.